The van der Waals surface area contributed by atoms with Crippen molar-refractivity contribution in [2.24, 2.45) is 7.05 Å². The molecule has 1 aromatic heterocycles. The summed E-state index contributed by atoms with van der Waals surface area (Å²) < 4.78 is 4.56. The van der Waals surface area contributed by atoms with Gasteiger partial charge in [0.05, 0.1) is 11.9 Å². The van der Waals surface area contributed by atoms with E-state index in [9.17, 15) is 0 Å². The molecule has 2 aromatic carbocycles. The third-order valence-electron chi connectivity index (χ3n) is 4.89. The molecular weight excluding hydrogens is 298 g/mol. The van der Waals surface area contributed by atoms with Crippen molar-refractivity contribution >= 4 is 24.3 Å². The Labute approximate surface area is 138 Å². The largest absolute Gasteiger partial charge is 0.387 e. The van der Waals surface area contributed by atoms with Gasteiger partial charge in [0, 0.05) is 19.8 Å². The molecule has 1 saturated heterocycles. The lowest BCUT2D eigenvalue weighted by Crippen LogP contribution is -2.67. The molecule has 0 aliphatic carbocycles. The Balaban J connectivity index is 1.92. The minimum atomic E-state index is -1.96. The van der Waals surface area contributed by atoms with Crippen LogP contribution in [-0.4, -0.2) is 24.6 Å². The van der Waals surface area contributed by atoms with Crippen LogP contribution < -0.4 is 14.9 Å². The van der Waals surface area contributed by atoms with E-state index in [1.54, 1.807) is 0 Å². The van der Waals surface area contributed by atoms with Crippen LogP contribution in [0.1, 0.15) is 6.42 Å². The maximum atomic E-state index is 4.41. The molecule has 1 fully saturated rings. The van der Waals surface area contributed by atoms with Crippen LogP contribution in [-0.2, 0) is 7.05 Å². The Morgan fingerprint density at radius 2 is 1.52 bits per heavy atom. The summed E-state index contributed by atoms with van der Waals surface area (Å²) in [6, 6.07) is 23.4. The Hall–Kier alpha value is -2.33. The summed E-state index contributed by atoms with van der Waals surface area (Å²) in [6.07, 6.45) is 5.41. The average Bonchev–Trinajstić information content (AvgIpc) is 3.23. The normalized spacial score (nSPS) is 16.7. The van der Waals surface area contributed by atoms with E-state index in [1.807, 2.05) is 17.9 Å². The van der Waals surface area contributed by atoms with Gasteiger partial charge < -0.3 is 4.57 Å². The first-order chi connectivity index (χ1) is 11.3. The fourth-order valence-corrected chi connectivity index (χ4v) is 8.97. The Morgan fingerprint density at radius 1 is 0.913 bits per heavy atom. The summed E-state index contributed by atoms with van der Waals surface area (Å²) in [6.45, 7) is 1.11. The zero-order valence-electron chi connectivity index (χ0n) is 13.4. The van der Waals surface area contributed by atoms with Gasteiger partial charge in [-0.1, -0.05) is 60.7 Å². The lowest BCUT2D eigenvalue weighted by molar-refractivity contribution is 0.767. The molecule has 1 aliphatic rings. The molecule has 3 nitrogen and oxygen atoms in total. The zero-order valence-corrected chi connectivity index (χ0v) is 14.4. The van der Waals surface area contributed by atoms with Crippen molar-refractivity contribution < 1.29 is 0 Å². The SMILES string of the molecule is Cn1cc(N2CCC[Si]2(c2ccccc2)c2ccccc2)cn1. The van der Waals surface area contributed by atoms with E-state index >= 15 is 0 Å². The summed E-state index contributed by atoms with van der Waals surface area (Å²) in [5.41, 5.74) is 1.25. The predicted molar refractivity (Wildman–Crippen MR) is 97.9 cm³/mol. The van der Waals surface area contributed by atoms with Crippen molar-refractivity contribution in [2.75, 3.05) is 11.1 Å². The summed E-state index contributed by atoms with van der Waals surface area (Å²) in [5, 5.41) is 7.40. The van der Waals surface area contributed by atoms with Gasteiger partial charge in [0.1, 0.15) is 0 Å². The minimum Gasteiger partial charge on any atom is -0.387 e. The van der Waals surface area contributed by atoms with Crippen LogP contribution in [0.3, 0.4) is 0 Å². The molecule has 0 saturated carbocycles. The fraction of sp³-hybridized carbons (Fsp3) is 0.211. The monoisotopic (exact) mass is 319 g/mol. The highest BCUT2D eigenvalue weighted by Crippen LogP contribution is 2.31. The van der Waals surface area contributed by atoms with Gasteiger partial charge in [-0.25, -0.2) is 0 Å². The number of hydrogen-bond donors (Lipinski definition) is 0. The van der Waals surface area contributed by atoms with Gasteiger partial charge in [0.2, 0.25) is 8.24 Å². The van der Waals surface area contributed by atoms with E-state index in [4.69, 9.17) is 0 Å². The topological polar surface area (TPSA) is 21.1 Å². The van der Waals surface area contributed by atoms with Crippen LogP contribution in [0.5, 0.6) is 0 Å². The van der Waals surface area contributed by atoms with Crippen LogP contribution in [0.15, 0.2) is 73.1 Å². The van der Waals surface area contributed by atoms with Crippen molar-refractivity contribution in [1.82, 2.24) is 9.78 Å². The first-order valence-electron chi connectivity index (χ1n) is 8.18. The van der Waals surface area contributed by atoms with E-state index in [-0.39, 0.29) is 0 Å². The standard InChI is InChI=1S/C19H21N3Si/c1-21-16-17(15-20-21)22-13-8-14-23(22,18-9-4-2-5-10-18)19-11-6-3-7-12-19/h2-7,9-12,15-16H,8,13-14H2,1H3. The van der Waals surface area contributed by atoms with E-state index in [0.717, 1.165) is 6.54 Å². The molecule has 0 atom stereocenters. The lowest BCUT2D eigenvalue weighted by Gasteiger charge is -2.38. The van der Waals surface area contributed by atoms with Crippen LogP contribution in [0.4, 0.5) is 5.69 Å². The molecule has 0 spiro atoms. The van der Waals surface area contributed by atoms with Gasteiger partial charge in [-0.2, -0.15) is 5.10 Å². The summed E-state index contributed by atoms with van der Waals surface area (Å²) >= 11 is 0. The molecule has 23 heavy (non-hydrogen) atoms. The number of aryl methyl sites for hydroxylation is 1. The Bertz CT molecular complexity index is 743. The Morgan fingerprint density at radius 3 is 2.04 bits per heavy atom. The van der Waals surface area contributed by atoms with E-state index in [2.05, 4.69) is 76.5 Å². The highest BCUT2D eigenvalue weighted by atomic mass is 28.3. The number of anilines is 1. The van der Waals surface area contributed by atoms with Gasteiger partial charge in [0.15, 0.2) is 0 Å². The predicted octanol–water partition coefficient (Wildman–Crippen LogP) is 2.39. The highest BCUT2D eigenvalue weighted by Gasteiger charge is 2.47. The number of aromatic nitrogens is 2. The summed E-state index contributed by atoms with van der Waals surface area (Å²) in [7, 11) is 0.0324. The maximum absolute atomic E-state index is 4.41. The maximum Gasteiger partial charge on any atom is 0.220 e. The number of hydrogen-bond acceptors (Lipinski definition) is 2. The molecule has 0 N–H and O–H groups in total. The highest BCUT2D eigenvalue weighted by molar-refractivity contribution is 7.05. The summed E-state index contributed by atoms with van der Waals surface area (Å²) in [4.78, 5) is 0. The Kier molecular flexibility index (Phi) is 3.54. The van der Waals surface area contributed by atoms with Gasteiger partial charge in [-0.3, -0.25) is 4.68 Å². The van der Waals surface area contributed by atoms with Gasteiger partial charge >= 0.3 is 0 Å². The van der Waals surface area contributed by atoms with E-state index in [0.29, 0.717) is 0 Å². The molecule has 4 heteroatoms. The van der Waals surface area contributed by atoms with Crippen LogP contribution >= 0.6 is 0 Å². The molecule has 116 valence electrons. The molecule has 2 heterocycles. The van der Waals surface area contributed by atoms with Gasteiger partial charge in [-0.15, -0.1) is 0 Å². The fourth-order valence-electron chi connectivity index (χ4n) is 3.91. The number of benzene rings is 2. The molecule has 0 unspecified atom stereocenters. The molecule has 0 radical (unpaired) electrons. The van der Waals surface area contributed by atoms with E-state index in [1.165, 1.54) is 28.5 Å². The molecule has 1 aliphatic heterocycles. The molecule has 4 rings (SSSR count). The van der Waals surface area contributed by atoms with E-state index < -0.39 is 8.24 Å². The van der Waals surface area contributed by atoms with Gasteiger partial charge in [-0.05, 0) is 22.8 Å². The van der Waals surface area contributed by atoms with Gasteiger partial charge in [0.25, 0.3) is 0 Å². The van der Waals surface area contributed by atoms with Crippen LogP contribution in [0, 0.1) is 0 Å². The van der Waals surface area contributed by atoms with Crippen molar-refractivity contribution in [1.29, 1.82) is 0 Å². The van der Waals surface area contributed by atoms with Crippen molar-refractivity contribution in [3.8, 4) is 0 Å². The smallest absolute Gasteiger partial charge is 0.220 e. The lowest BCUT2D eigenvalue weighted by atomic mass is 10.4. The number of rotatable bonds is 3. The first kappa shape index (κ1) is 14.3. The molecule has 3 aromatic rings. The summed E-state index contributed by atoms with van der Waals surface area (Å²) in [5.74, 6) is 0. The van der Waals surface area contributed by atoms with Crippen molar-refractivity contribution in [2.45, 2.75) is 12.5 Å². The molecular formula is C19H21N3Si. The van der Waals surface area contributed by atoms with Crippen LogP contribution in [0.25, 0.3) is 0 Å². The second-order valence-corrected chi connectivity index (χ2v) is 10.1. The van der Waals surface area contributed by atoms with Crippen LogP contribution in [0.2, 0.25) is 6.04 Å². The zero-order chi connectivity index (χ0) is 15.7. The molecule has 0 amide bonds. The third-order valence-corrected chi connectivity index (χ3v) is 9.94. The minimum absolute atomic E-state index is 1.11. The third kappa shape index (κ3) is 2.30. The first-order valence-corrected chi connectivity index (χ1v) is 10.3. The second kappa shape index (κ2) is 5.70. The molecule has 0 bridgehead atoms. The quantitative estimate of drug-likeness (QED) is 0.691. The average molecular weight is 319 g/mol. The van der Waals surface area contributed by atoms with Crippen molar-refractivity contribution in [3.05, 3.63) is 73.1 Å². The second-order valence-electron chi connectivity index (χ2n) is 6.22. The van der Waals surface area contributed by atoms with Crippen molar-refractivity contribution in [3.63, 3.8) is 0 Å². The number of nitrogens with zero attached hydrogens (tertiary/aromatic N) is 3.